The van der Waals surface area contributed by atoms with Crippen LogP contribution in [0.2, 0.25) is 0 Å². The second kappa shape index (κ2) is 13.5. The van der Waals surface area contributed by atoms with E-state index in [2.05, 4.69) is 241 Å². The van der Waals surface area contributed by atoms with Gasteiger partial charge < -0.3 is 4.90 Å². The summed E-state index contributed by atoms with van der Waals surface area (Å²) < 4.78 is 0. The molecule has 1 unspecified atom stereocenters. The maximum Gasteiger partial charge on any atom is 0.0726 e. The van der Waals surface area contributed by atoms with Gasteiger partial charge in [-0.3, -0.25) is 0 Å². The molecule has 1 nitrogen and oxygen atoms in total. The van der Waals surface area contributed by atoms with Crippen LogP contribution in [0.3, 0.4) is 0 Å². The molecule has 0 aromatic heterocycles. The van der Waals surface area contributed by atoms with Gasteiger partial charge in [-0.2, -0.15) is 0 Å². The van der Waals surface area contributed by atoms with E-state index < -0.39 is 5.41 Å². The van der Waals surface area contributed by atoms with Crippen LogP contribution in [0.15, 0.2) is 237 Å². The molecule has 0 fully saturated rings. The molecule has 0 N–H and O–H groups in total. The van der Waals surface area contributed by atoms with Crippen molar-refractivity contribution in [3.05, 3.63) is 259 Å². The summed E-state index contributed by atoms with van der Waals surface area (Å²) in [5.74, 6) is 0. The van der Waals surface area contributed by atoms with Crippen molar-refractivity contribution < 1.29 is 0 Å². The summed E-state index contributed by atoms with van der Waals surface area (Å²) in [5.41, 5.74) is 18.3. The van der Waals surface area contributed by atoms with Crippen LogP contribution in [-0.2, 0) is 5.41 Å². The van der Waals surface area contributed by atoms with Gasteiger partial charge in [0.2, 0.25) is 0 Å². The van der Waals surface area contributed by atoms with Gasteiger partial charge in [-0.15, -0.1) is 0 Å². The highest BCUT2D eigenvalue weighted by Gasteiger charge is 2.52. The molecule has 62 heavy (non-hydrogen) atoms. The zero-order valence-electron chi connectivity index (χ0n) is 34.0. The van der Waals surface area contributed by atoms with E-state index in [4.69, 9.17) is 0 Å². The van der Waals surface area contributed by atoms with Crippen LogP contribution in [0.25, 0.3) is 76.8 Å². The van der Waals surface area contributed by atoms with E-state index in [-0.39, 0.29) is 0 Å². The number of nitrogens with zero attached hydrogens (tertiary/aromatic N) is 1. The van der Waals surface area contributed by atoms with E-state index in [1.165, 1.54) is 99.1 Å². The van der Waals surface area contributed by atoms with Gasteiger partial charge in [0.25, 0.3) is 0 Å². The standard InChI is InChI=1S/C61H39N/c1-2-17-45-39-58-54(38-44(45)16-1)52-22-7-9-26-55(52)61(58)56-27-10-8-23-53(56)60-57(61)28-13-29-59(60)62(46-34-30-42(31-35-46)50-24-11-18-40-14-3-5-20-48(40)50)47-36-32-43(33-37-47)51-25-12-19-41-15-4-6-21-49(41)51/h1-39H. The van der Waals surface area contributed by atoms with Crippen molar-refractivity contribution in [3.8, 4) is 44.5 Å². The Morgan fingerprint density at radius 1 is 0.274 bits per heavy atom. The molecule has 11 aromatic carbocycles. The second-order valence-corrected chi connectivity index (χ2v) is 16.8. The molecule has 0 saturated heterocycles. The highest BCUT2D eigenvalue weighted by atomic mass is 15.1. The maximum atomic E-state index is 2.48. The molecule has 1 spiro atoms. The fraction of sp³-hybridized carbons (Fsp3) is 0.0164. The van der Waals surface area contributed by atoms with Crippen LogP contribution in [0, 0.1) is 0 Å². The Morgan fingerprint density at radius 2 is 0.710 bits per heavy atom. The summed E-state index contributed by atoms with van der Waals surface area (Å²) in [5, 5.41) is 7.55. The second-order valence-electron chi connectivity index (χ2n) is 16.8. The van der Waals surface area contributed by atoms with E-state index in [1.807, 2.05) is 0 Å². The van der Waals surface area contributed by atoms with E-state index >= 15 is 0 Å². The summed E-state index contributed by atoms with van der Waals surface area (Å²) >= 11 is 0. The van der Waals surface area contributed by atoms with Crippen LogP contribution in [0.4, 0.5) is 17.1 Å². The Kier molecular flexibility index (Phi) is 7.59. The van der Waals surface area contributed by atoms with Gasteiger partial charge in [0, 0.05) is 16.9 Å². The number of fused-ring (bicyclic) bond motifs is 13. The Hall–Kier alpha value is -8.00. The lowest BCUT2D eigenvalue weighted by Crippen LogP contribution is -2.26. The molecule has 0 aliphatic heterocycles. The van der Waals surface area contributed by atoms with Crippen LogP contribution in [0.1, 0.15) is 22.3 Å². The smallest absolute Gasteiger partial charge is 0.0726 e. The fourth-order valence-electron chi connectivity index (χ4n) is 11.0. The number of hydrogen-bond donors (Lipinski definition) is 0. The van der Waals surface area contributed by atoms with Gasteiger partial charge in [0.1, 0.15) is 0 Å². The summed E-state index contributed by atoms with van der Waals surface area (Å²) in [7, 11) is 0. The van der Waals surface area contributed by atoms with Crippen molar-refractivity contribution in [3.63, 3.8) is 0 Å². The number of anilines is 3. The normalized spacial score (nSPS) is 14.5. The summed E-state index contributed by atoms with van der Waals surface area (Å²) in [4.78, 5) is 2.48. The highest BCUT2D eigenvalue weighted by molar-refractivity contribution is 6.04. The van der Waals surface area contributed by atoms with E-state index in [0.717, 1.165) is 17.1 Å². The number of rotatable bonds is 5. The predicted octanol–water partition coefficient (Wildman–Crippen LogP) is 16.3. The average Bonchev–Trinajstić information content (AvgIpc) is 3.81. The average molecular weight is 786 g/mol. The Balaban J connectivity index is 1.04. The molecule has 0 heterocycles. The largest absolute Gasteiger partial charge is 0.310 e. The Labute approximate surface area is 361 Å². The molecule has 0 radical (unpaired) electrons. The van der Waals surface area contributed by atoms with Crippen molar-refractivity contribution in [2.75, 3.05) is 4.90 Å². The van der Waals surface area contributed by atoms with Crippen molar-refractivity contribution >= 4 is 49.4 Å². The van der Waals surface area contributed by atoms with E-state index in [9.17, 15) is 0 Å². The maximum absolute atomic E-state index is 2.48. The molecular formula is C61H39N. The van der Waals surface area contributed by atoms with Crippen molar-refractivity contribution in [1.82, 2.24) is 0 Å². The quantitative estimate of drug-likeness (QED) is 0.168. The monoisotopic (exact) mass is 785 g/mol. The van der Waals surface area contributed by atoms with E-state index in [0.29, 0.717) is 0 Å². The lowest BCUT2D eigenvalue weighted by Gasteiger charge is -2.32. The minimum absolute atomic E-state index is 0.472. The van der Waals surface area contributed by atoms with Crippen LogP contribution < -0.4 is 4.90 Å². The third kappa shape index (κ3) is 4.97. The molecular weight excluding hydrogens is 747 g/mol. The highest BCUT2D eigenvalue weighted by Crippen LogP contribution is 2.65. The van der Waals surface area contributed by atoms with Gasteiger partial charge >= 0.3 is 0 Å². The third-order valence-corrected chi connectivity index (χ3v) is 13.7. The SMILES string of the molecule is c1ccc2c(c1)-c1cc3ccccc3cc1C21c2ccccc2-c2c(N(c3ccc(-c4cccc5ccccc45)cc3)c3ccc(-c4cccc5ccccc45)cc3)cccc21. The fourth-order valence-corrected chi connectivity index (χ4v) is 11.0. The molecule has 1 heteroatoms. The van der Waals surface area contributed by atoms with Gasteiger partial charge in [-0.05, 0) is 136 Å². The molecule has 0 saturated carbocycles. The van der Waals surface area contributed by atoms with Gasteiger partial charge in [0.15, 0.2) is 0 Å². The number of benzene rings is 11. The molecule has 0 bridgehead atoms. The van der Waals surface area contributed by atoms with E-state index in [1.54, 1.807) is 0 Å². The lowest BCUT2D eigenvalue weighted by molar-refractivity contribution is 0.795. The van der Waals surface area contributed by atoms with Crippen molar-refractivity contribution in [2.45, 2.75) is 5.41 Å². The zero-order valence-corrected chi connectivity index (χ0v) is 34.0. The first kappa shape index (κ1) is 34.8. The van der Waals surface area contributed by atoms with Crippen molar-refractivity contribution in [1.29, 1.82) is 0 Å². The number of hydrogen-bond acceptors (Lipinski definition) is 1. The van der Waals surface area contributed by atoms with Crippen LogP contribution in [-0.4, -0.2) is 0 Å². The summed E-state index contributed by atoms with van der Waals surface area (Å²) in [6, 6.07) is 87.9. The zero-order chi connectivity index (χ0) is 40.8. The minimum Gasteiger partial charge on any atom is -0.310 e. The van der Waals surface area contributed by atoms with Gasteiger partial charge in [-0.1, -0.05) is 194 Å². The Morgan fingerprint density at radius 3 is 1.32 bits per heavy atom. The molecule has 0 amide bonds. The molecule has 2 aliphatic rings. The van der Waals surface area contributed by atoms with Gasteiger partial charge in [0.05, 0.1) is 11.1 Å². The molecule has 11 aromatic rings. The van der Waals surface area contributed by atoms with Crippen LogP contribution in [0.5, 0.6) is 0 Å². The molecule has 13 rings (SSSR count). The summed E-state index contributed by atoms with van der Waals surface area (Å²) in [6.45, 7) is 0. The minimum atomic E-state index is -0.472. The first-order valence-corrected chi connectivity index (χ1v) is 21.6. The van der Waals surface area contributed by atoms with Crippen molar-refractivity contribution in [2.24, 2.45) is 0 Å². The molecule has 288 valence electrons. The Bertz CT molecular complexity index is 3450. The van der Waals surface area contributed by atoms with Gasteiger partial charge in [-0.25, -0.2) is 0 Å². The topological polar surface area (TPSA) is 3.24 Å². The lowest BCUT2D eigenvalue weighted by atomic mass is 9.70. The summed E-state index contributed by atoms with van der Waals surface area (Å²) in [6.07, 6.45) is 0. The first-order chi connectivity index (χ1) is 30.8. The van der Waals surface area contributed by atoms with Crippen LogP contribution >= 0.6 is 0 Å². The first-order valence-electron chi connectivity index (χ1n) is 21.6. The third-order valence-electron chi connectivity index (χ3n) is 13.7. The molecule has 2 aliphatic carbocycles. The predicted molar refractivity (Wildman–Crippen MR) is 261 cm³/mol. The molecule has 1 atom stereocenters.